The van der Waals surface area contributed by atoms with Crippen molar-refractivity contribution in [2.24, 2.45) is 0 Å². The molecule has 2 heterocycles. The molecular formula is C26H30F2N6O4S. The first-order valence-corrected chi connectivity index (χ1v) is 13.5. The van der Waals surface area contributed by atoms with Crippen molar-refractivity contribution in [1.82, 2.24) is 24.0 Å². The number of anilines is 2. The van der Waals surface area contributed by atoms with Crippen molar-refractivity contribution < 1.29 is 26.7 Å². The number of imidazole rings is 1. The first kappa shape index (κ1) is 28.4. The molecule has 2 N–H and O–H groups in total. The molecule has 10 nitrogen and oxygen atoms in total. The highest BCUT2D eigenvalue weighted by molar-refractivity contribution is 7.89. The van der Waals surface area contributed by atoms with E-state index in [-0.39, 0.29) is 29.4 Å². The van der Waals surface area contributed by atoms with Gasteiger partial charge in [-0.1, -0.05) is 0 Å². The van der Waals surface area contributed by atoms with Crippen molar-refractivity contribution in [2.45, 2.75) is 11.8 Å². The zero-order valence-electron chi connectivity index (χ0n) is 22.0. The Bertz CT molecular complexity index is 1580. The quantitative estimate of drug-likeness (QED) is 0.253. The van der Waals surface area contributed by atoms with Crippen molar-refractivity contribution in [3.05, 3.63) is 66.1 Å². The Morgan fingerprint density at radius 3 is 2.59 bits per heavy atom. The normalized spacial score (nSPS) is 11.9. The van der Waals surface area contributed by atoms with Gasteiger partial charge in [0.1, 0.15) is 0 Å². The van der Waals surface area contributed by atoms with E-state index < -0.39 is 21.7 Å². The number of benzene rings is 2. The molecule has 0 aliphatic heterocycles. The molecule has 0 unspecified atom stereocenters. The minimum Gasteiger partial charge on any atom is -0.494 e. The fraction of sp³-hybridized carbons (Fsp3) is 0.308. The van der Waals surface area contributed by atoms with Crippen LogP contribution in [0.5, 0.6) is 5.75 Å². The van der Waals surface area contributed by atoms with E-state index in [0.29, 0.717) is 35.0 Å². The molecule has 0 saturated heterocycles. The average molecular weight is 561 g/mol. The number of fused-ring (bicyclic) bond motifs is 1. The second-order valence-electron chi connectivity index (χ2n) is 8.97. The van der Waals surface area contributed by atoms with Gasteiger partial charge in [-0.05, 0) is 56.9 Å². The Kier molecular flexibility index (Phi) is 8.75. The molecule has 2 aromatic carbocycles. The van der Waals surface area contributed by atoms with Crippen molar-refractivity contribution in [2.75, 3.05) is 52.8 Å². The number of nitrogens with one attached hydrogen (secondary N) is 2. The third-order valence-electron chi connectivity index (χ3n) is 5.92. The van der Waals surface area contributed by atoms with Crippen LogP contribution in [-0.2, 0) is 14.8 Å². The number of ether oxygens (including phenoxy) is 2. The highest BCUT2D eigenvalue weighted by Crippen LogP contribution is 2.31. The monoisotopic (exact) mass is 560 g/mol. The van der Waals surface area contributed by atoms with E-state index in [1.54, 1.807) is 29.7 Å². The maximum atomic E-state index is 14.7. The standard InChI is InChI=1S/C26H30F2N6O4S/c1-17-15-18(5-8-22(17)39(35,36)31-10-13-38-14-12-33(2)3)32-25-26-30-16-20(34(26)11-9-29-25)19-6-7-21(37-4)24(28)23(19)27/h5-9,11,15-16,31H,10,12-14H2,1-4H3,(H,29,32). The second kappa shape index (κ2) is 12.0. The molecular weight excluding hydrogens is 530 g/mol. The van der Waals surface area contributed by atoms with E-state index in [2.05, 4.69) is 20.0 Å². The summed E-state index contributed by atoms with van der Waals surface area (Å²) in [6, 6.07) is 7.55. The van der Waals surface area contributed by atoms with Gasteiger partial charge in [0.2, 0.25) is 15.8 Å². The molecule has 0 fully saturated rings. The van der Waals surface area contributed by atoms with Crippen LogP contribution in [0.2, 0.25) is 0 Å². The minimum absolute atomic E-state index is 0.0129. The van der Waals surface area contributed by atoms with Crippen LogP contribution in [0.4, 0.5) is 20.3 Å². The van der Waals surface area contributed by atoms with Gasteiger partial charge in [0, 0.05) is 36.7 Å². The largest absolute Gasteiger partial charge is 0.494 e. The summed E-state index contributed by atoms with van der Waals surface area (Å²) in [7, 11) is 1.39. The Balaban J connectivity index is 1.51. The number of halogens is 2. The van der Waals surface area contributed by atoms with E-state index in [0.717, 1.165) is 6.54 Å². The lowest BCUT2D eigenvalue weighted by atomic mass is 10.1. The van der Waals surface area contributed by atoms with Crippen molar-refractivity contribution in [3.63, 3.8) is 0 Å². The van der Waals surface area contributed by atoms with Crippen molar-refractivity contribution >= 4 is 27.2 Å². The number of hydrogen-bond acceptors (Lipinski definition) is 8. The molecule has 2 aromatic heterocycles. The Hall–Kier alpha value is -3.65. The predicted molar refractivity (Wildman–Crippen MR) is 144 cm³/mol. The third-order valence-corrected chi connectivity index (χ3v) is 7.54. The number of sulfonamides is 1. The molecule has 4 aromatic rings. The van der Waals surface area contributed by atoms with Crippen LogP contribution in [0.1, 0.15) is 5.56 Å². The van der Waals surface area contributed by atoms with Crippen LogP contribution >= 0.6 is 0 Å². The first-order valence-electron chi connectivity index (χ1n) is 12.1. The molecule has 13 heteroatoms. The lowest BCUT2D eigenvalue weighted by molar-refractivity contribution is 0.122. The maximum absolute atomic E-state index is 14.7. The highest BCUT2D eigenvalue weighted by Gasteiger charge is 2.20. The summed E-state index contributed by atoms with van der Waals surface area (Å²) in [4.78, 5) is 10.8. The fourth-order valence-corrected chi connectivity index (χ4v) is 5.17. The van der Waals surface area contributed by atoms with E-state index in [9.17, 15) is 17.2 Å². The SMILES string of the molecule is COc1ccc(-c2cnc3c(Nc4ccc(S(=O)(=O)NCCOCCN(C)C)c(C)c4)nccn23)c(F)c1F. The van der Waals surface area contributed by atoms with Crippen LogP contribution in [0.15, 0.2) is 53.8 Å². The van der Waals surface area contributed by atoms with Crippen LogP contribution in [0.3, 0.4) is 0 Å². The molecule has 0 radical (unpaired) electrons. The summed E-state index contributed by atoms with van der Waals surface area (Å²) < 4.78 is 69.0. The van der Waals surface area contributed by atoms with Gasteiger partial charge in [0.25, 0.3) is 0 Å². The summed E-state index contributed by atoms with van der Waals surface area (Å²) in [6.07, 6.45) is 4.50. The maximum Gasteiger partial charge on any atom is 0.240 e. The van der Waals surface area contributed by atoms with Gasteiger partial charge < -0.3 is 19.7 Å². The topological polar surface area (TPSA) is 110 Å². The van der Waals surface area contributed by atoms with Crippen LogP contribution in [0, 0.1) is 18.6 Å². The molecule has 208 valence electrons. The van der Waals surface area contributed by atoms with Gasteiger partial charge in [0.15, 0.2) is 23.0 Å². The molecule has 0 bridgehead atoms. The number of nitrogens with zero attached hydrogens (tertiary/aromatic N) is 4. The second-order valence-corrected chi connectivity index (χ2v) is 10.7. The number of likely N-dealkylation sites (N-methyl/N-ethyl adjacent to an activating group) is 1. The molecule has 0 saturated carbocycles. The first-order chi connectivity index (χ1) is 18.6. The van der Waals surface area contributed by atoms with E-state index in [4.69, 9.17) is 9.47 Å². The molecule has 0 atom stereocenters. The molecule has 0 amide bonds. The zero-order chi connectivity index (χ0) is 28.2. The number of rotatable bonds is 12. The zero-order valence-corrected chi connectivity index (χ0v) is 22.8. The van der Waals surface area contributed by atoms with Crippen molar-refractivity contribution in [3.8, 4) is 17.0 Å². The van der Waals surface area contributed by atoms with E-state index in [1.807, 2.05) is 19.0 Å². The van der Waals surface area contributed by atoms with Gasteiger partial charge in [-0.3, -0.25) is 4.40 Å². The predicted octanol–water partition coefficient (Wildman–Crippen LogP) is 3.59. The smallest absolute Gasteiger partial charge is 0.240 e. The fourth-order valence-electron chi connectivity index (χ4n) is 3.93. The van der Waals surface area contributed by atoms with Crippen LogP contribution < -0.4 is 14.8 Å². The number of methoxy groups -OCH3 is 1. The number of hydrogen-bond donors (Lipinski definition) is 2. The molecule has 39 heavy (non-hydrogen) atoms. The van der Waals surface area contributed by atoms with Crippen LogP contribution in [-0.4, -0.2) is 75.2 Å². The van der Waals surface area contributed by atoms with Crippen LogP contribution in [0.25, 0.3) is 16.9 Å². The van der Waals surface area contributed by atoms with Gasteiger partial charge in [-0.15, -0.1) is 0 Å². The summed E-state index contributed by atoms with van der Waals surface area (Å²) in [6.45, 7) is 3.37. The number of aromatic nitrogens is 3. The number of aryl methyl sites for hydroxylation is 1. The Labute approximate surface area is 225 Å². The summed E-state index contributed by atoms with van der Waals surface area (Å²) in [5, 5.41) is 3.13. The molecule has 0 aliphatic carbocycles. The third kappa shape index (κ3) is 6.33. The lowest BCUT2D eigenvalue weighted by Crippen LogP contribution is -2.29. The van der Waals surface area contributed by atoms with Gasteiger partial charge in [-0.25, -0.2) is 27.5 Å². The summed E-state index contributed by atoms with van der Waals surface area (Å²) >= 11 is 0. The average Bonchev–Trinajstić information content (AvgIpc) is 3.32. The molecule has 4 rings (SSSR count). The molecule has 0 aliphatic rings. The van der Waals surface area contributed by atoms with E-state index in [1.165, 1.54) is 37.7 Å². The minimum atomic E-state index is -3.73. The van der Waals surface area contributed by atoms with Gasteiger partial charge >= 0.3 is 0 Å². The Morgan fingerprint density at radius 1 is 1.08 bits per heavy atom. The van der Waals surface area contributed by atoms with Crippen molar-refractivity contribution in [1.29, 1.82) is 0 Å². The highest BCUT2D eigenvalue weighted by atomic mass is 32.2. The Morgan fingerprint density at radius 2 is 1.87 bits per heavy atom. The van der Waals surface area contributed by atoms with Gasteiger partial charge in [0.05, 0.1) is 37.1 Å². The summed E-state index contributed by atoms with van der Waals surface area (Å²) in [5.74, 6) is -1.99. The van der Waals surface area contributed by atoms with Gasteiger partial charge in [-0.2, -0.15) is 4.39 Å². The van der Waals surface area contributed by atoms with E-state index >= 15 is 0 Å². The lowest BCUT2D eigenvalue weighted by Gasteiger charge is -2.13. The summed E-state index contributed by atoms with van der Waals surface area (Å²) in [5.41, 5.74) is 1.80. The molecule has 0 spiro atoms.